The predicted molar refractivity (Wildman–Crippen MR) is 105 cm³/mol. The number of benzene rings is 2. The van der Waals surface area contributed by atoms with Gasteiger partial charge in [-0.2, -0.15) is 11.8 Å². The summed E-state index contributed by atoms with van der Waals surface area (Å²) in [7, 11) is 0. The standard InChI is InChI=1S/C19H22ClFN2S/c1-19(2,3)24-11-10-22-18(14-6-4-7-15(20)12-14)23-17-9-5-8-16(21)13-17/h4-9,12-13H,10-11H2,1-3H3,(H,22,23). The maximum absolute atomic E-state index is 13.4. The van der Waals surface area contributed by atoms with Crippen LogP contribution in [0, 0.1) is 5.82 Å². The summed E-state index contributed by atoms with van der Waals surface area (Å²) in [6.07, 6.45) is 0. The zero-order valence-electron chi connectivity index (χ0n) is 14.1. The van der Waals surface area contributed by atoms with Crippen LogP contribution >= 0.6 is 23.4 Å². The van der Waals surface area contributed by atoms with E-state index >= 15 is 0 Å². The molecule has 2 nitrogen and oxygen atoms in total. The van der Waals surface area contributed by atoms with Gasteiger partial charge in [0.05, 0.1) is 6.54 Å². The van der Waals surface area contributed by atoms with Gasteiger partial charge in [-0.05, 0) is 30.3 Å². The van der Waals surface area contributed by atoms with Gasteiger partial charge in [0.25, 0.3) is 0 Å². The largest absolute Gasteiger partial charge is 0.340 e. The molecule has 0 aliphatic carbocycles. The third-order valence-electron chi connectivity index (χ3n) is 3.08. The monoisotopic (exact) mass is 364 g/mol. The first-order chi connectivity index (χ1) is 11.3. The fourth-order valence-corrected chi connectivity index (χ4v) is 3.04. The van der Waals surface area contributed by atoms with Gasteiger partial charge in [-0.1, -0.05) is 50.6 Å². The molecule has 0 aromatic heterocycles. The molecular formula is C19H22ClFN2S. The lowest BCUT2D eigenvalue weighted by Gasteiger charge is -2.17. The normalized spacial score (nSPS) is 12.3. The van der Waals surface area contributed by atoms with Crippen LogP contribution in [0.25, 0.3) is 0 Å². The van der Waals surface area contributed by atoms with Crippen molar-refractivity contribution in [1.82, 2.24) is 0 Å². The molecule has 0 saturated carbocycles. The smallest absolute Gasteiger partial charge is 0.132 e. The van der Waals surface area contributed by atoms with Crippen molar-refractivity contribution in [3.8, 4) is 0 Å². The van der Waals surface area contributed by atoms with Gasteiger partial charge in [0.15, 0.2) is 0 Å². The summed E-state index contributed by atoms with van der Waals surface area (Å²) in [5.74, 6) is 1.32. The number of nitrogens with zero attached hydrogens (tertiary/aromatic N) is 1. The molecule has 0 amide bonds. The average Bonchev–Trinajstić information content (AvgIpc) is 2.49. The van der Waals surface area contributed by atoms with Gasteiger partial charge in [0, 0.05) is 26.8 Å². The Bertz CT molecular complexity index is 711. The number of rotatable bonds is 5. The number of hydrogen-bond acceptors (Lipinski definition) is 2. The lowest BCUT2D eigenvalue weighted by molar-refractivity contribution is 0.628. The maximum Gasteiger partial charge on any atom is 0.132 e. The van der Waals surface area contributed by atoms with Gasteiger partial charge in [-0.25, -0.2) is 4.39 Å². The van der Waals surface area contributed by atoms with Crippen molar-refractivity contribution in [1.29, 1.82) is 0 Å². The molecule has 0 radical (unpaired) electrons. The molecule has 0 heterocycles. The first kappa shape index (κ1) is 18.8. The summed E-state index contributed by atoms with van der Waals surface area (Å²) in [6.45, 7) is 7.23. The molecule has 128 valence electrons. The molecule has 2 aromatic rings. The highest BCUT2D eigenvalue weighted by Gasteiger charge is 2.10. The number of anilines is 1. The zero-order chi connectivity index (χ0) is 17.6. The molecule has 0 aliphatic rings. The minimum absolute atomic E-state index is 0.210. The van der Waals surface area contributed by atoms with Crippen molar-refractivity contribution < 1.29 is 4.39 Å². The molecule has 0 atom stereocenters. The number of amidine groups is 1. The van der Waals surface area contributed by atoms with Crippen LogP contribution in [0.4, 0.5) is 10.1 Å². The van der Waals surface area contributed by atoms with E-state index in [9.17, 15) is 4.39 Å². The second-order valence-electron chi connectivity index (χ2n) is 6.34. The van der Waals surface area contributed by atoms with E-state index in [-0.39, 0.29) is 10.6 Å². The number of hydrogen-bond donors (Lipinski definition) is 1. The van der Waals surface area contributed by atoms with E-state index in [1.165, 1.54) is 12.1 Å². The van der Waals surface area contributed by atoms with E-state index in [4.69, 9.17) is 11.6 Å². The predicted octanol–water partition coefficient (Wildman–Crippen LogP) is 5.87. The molecule has 2 aromatic carbocycles. The van der Waals surface area contributed by atoms with Gasteiger partial charge < -0.3 is 5.32 Å². The summed E-state index contributed by atoms with van der Waals surface area (Å²) in [5.41, 5.74) is 1.55. The van der Waals surface area contributed by atoms with Gasteiger partial charge in [0.2, 0.25) is 0 Å². The third kappa shape index (κ3) is 6.54. The molecule has 2 rings (SSSR count). The molecule has 0 saturated heterocycles. The van der Waals surface area contributed by atoms with E-state index < -0.39 is 0 Å². The van der Waals surface area contributed by atoms with Crippen LogP contribution in [0.5, 0.6) is 0 Å². The van der Waals surface area contributed by atoms with E-state index in [0.29, 0.717) is 23.1 Å². The Morgan fingerprint density at radius 1 is 1.17 bits per heavy atom. The Morgan fingerprint density at radius 3 is 2.58 bits per heavy atom. The topological polar surface area (TPSA) is 24.4 Å². The first-order valence-corrected chi connectivity index (χ1v) is 9.17. The Hall–Kier alpha value is -1.52. The third-order valence-corrected chi connectivity index (χ3v) is 4.57. The summed E-state index contributed by atoms with van der Waals surface area (Å²) in [4.78, 5) is 4.67. The number of aliphatic imine (C=N–C) groups is 1. The molecule has 0 bridgehead atoms. The molecule has 0 unspecified atom stereocenters. The number of halogens is 2. The Labute approximate surface area is 152 Å². The Balaban J connectivity index is 2.18. The Morgan fingerprint density at radius 2 is 1.92 bits per heavy atom. The summed E-state index contributed by atoms with van der Waals surface area (Å²) in [6, 6.07) is 13.8. The quantitative estimate of drug-likeness (QED) is 0.407. The van der Waals surface area contributed by atoms with Gasteiger partial charge >= 0.3 is 0 Å². The lowest BCUT2D eigenvalue weighted by Crippen LogP contribution is -2.16. The molecule has 0 spiro atoms. The summed E-state index contributed by atoms with van der Waals surface area (Å²) in [5, 5.41) is 3.85. The van der Waals surface area contributed by atoms with E-state index in [1.807, 2.05) is 42.1 Å². The van der Waals surface area contributed by atoms with Crippen LogP contribution in [0.1, 0.15) is 26.3 Å². The second-order valence-corrected chi connectivity index (χ2v) is 8.69. The van der Waals surface area contributed by atoms with Crippen LogP contribution in [0.2, 0.25) is 5.02 Å². The SMILES string of the molecule is CC(C)(C)SCCN=C(Nc1cccc(F)c1)c1cccc(Cl)c1. The number of nitrogens with one attached hydrogen (secondary N) is 1. The fraction of sp³-hybridized carbons (Fsp3) is 0.316. The van der Waals surface area contributed by atoms with Gasteiger partial charge in [-0.15, -0.1) is 0 Å². The molecule has 1 N–H and O–H groups in total. The molecule has 0 aliphatic heterocycles. The van der Waals surface area contributed by atoms with Gasteiger partial charge in [-0.3, -0.25) is 4.99 Å². The first-order valence-electron chi connectivity index (χ1n) is 7.80. The van der Waals surface area contributed by atoms with Crippen molar-refractivity contribution in [3.05, 3.63) is 64.9 Å². The fourth-order valence-electron chi connectivity index (χ4n) is 2.05. The maximum atomic E-state index is 13.4. The highest BCUT2D eigenvalue weighted by atomic mass is 35.5. The summed E-state index contributed by atoms with van der Waals surface area (Å²) >= 11 is 7.95. The van der Waals surface area contributed by atoms with Crippen molar-refractivity contribution in [2.45, 2.75) is 25.5 Å². The van der Waals surface area contributed by atoms with Gasteiger partial charge in [0.1, 0.15) is 11.7 Å². The molecule has 24 heavy (non-hydrogen) atoms. The second kappa shape index (κ2) is 8.54. The van der Waals surface area contributed by atoms with Crippen molar-refractivity contribution >= 4 is 34.9 Å². The highest BCUT2D eigenvalue weighted by molar-refractivity contribution is 8.00. The van der Waals surface area contributed by atoms with Crippen molar-refractivity contribution in [2.24, 2.45) is 4.99 Å². The van der Waals surface area contributed by atoms with Crippen LogP contribution in [0.3, 0.4) is 0 Å². The minimum atomic E-state index is -0.284. The Kier molecular flexibility index (Phi) is 6.69. The van der Waals surface area contributed by atoms with Crippen LogP contribution in [-0.4, -0.2) is 22.9 Å². The van der Waals surface area contributed by atoms with Crippen LogP contribution in [-0.2, 0) is 0 Å². The molecular weight excluding hydrogens is 343 g/mol. The number of thioether (sulfide) groups is 1. The van der Waals surface area contributed by atoms with E-state index in [0.717, 1.165) is 11.3 Å². The van der Waals surface area contributed by atoms with Crippen molar-refractivity contribution in [3.63, 3.8) is 0 Å². The zero-order valence-corrected chi connectivity index (χ0v) is 15.7. The molecule has 0 fully saturated rings. The highest BCUT2D eigenvalue weighted by Crippen LogP contribution is 2.22. The molecule has 5 heteroatoms. The van der Waals surface area contributed by atoms with E-state index in [2.05, 4.69) is 31.1 Å². The van der Waals surface area contributed by atoms with Crippen LogP contribution in [0.15, 0.2) is 53.5 Å². The minimum Gasteiger partial charge on any atom is -0.340 e. The summed E-state index contributed by atoms with van der Waals surface area (Å²) < 4.78 is 13.6. The van der Waals surface area contributed by atoms with Crippen molar-refractivity contribution in [2.75, 3.05) is 17.6 Å². The average molecular weight is 365 g/mol. The van der Waals surface area contributed by atoms with Crippen LogP contribution < -0.4 is 5.32 Å². The lowest BCUT2D eigenvalue weighted by atomic mass is 10.2. The van der Waals surface area contributed by atoms with E-state index in [1.54, 1.807) is 6.07 Å².